The zero-order chi connectivity index (χ0) is 28.7. The lowest BCUT2D eigenvalue weighted by Gasteiger charge is -2.16. The van der Waals surface area contributed by atoms with Crippen LogP contribution in [-0.4, -0.2) is 53.6 Å². The van der Waals surface area contributed by atoms with Crippen LogP contribution in [0.4, 0.5) is 0 Å². The molecule has 19 heteroatoms. The van der Waals surface area contributed by atoms with Gasteiger partial charge in [-0.15, -0.1) is 0 Å². The van der Waals surface area contributed by atoms with Crippen LogP contribution in [0.15, 0.2) is 0 Å². The molecule has 0 bridgehead atoms. The molecule has 0 rings (SSSR count). The van der Waals surface area contributed by atoms with E-state index in [9.17, 15) is 28.1 Å². The summed E-state index contributed by atoms with van der Waals surface area (Å²) in [6.45, 7) is 9.27. The van der Waals surface area contributed by atoms with Gasteiger partial charge in [0.25, 0.3) is 0 Å². The average molecular weight is 657 g/mol. The second-order valence-corrected chi connectivity index (χ2v) is 20.5. The number of phosphoric acid groups is 1. The number of hydrogen-bond acceptors (Lipinski definition) is 9. The number of halogens is 5. The molecule has 0 atom stereocenters. The maximum Gasteiger partial charge on any atom is 0.469 e. The van der Waals surface area contributed by atoms with Crippen molar-refractivity contribution >= 4 is 94.2 Å². The van der Waals surface area contributed by atoms with Crippen LogP contribution in [0.25, 0.3) is 0 Å². The lowest BCUT2D eigenvalue weighted by molar-refractivity contribution is -0.117. The molecular weight excluding hydrogens is 626 g/mol. The Morgan fingerprint density at radius 3 is 1.09 bits per heavy atom. The van der Waals surface area contributed by atoms with E-state index in [1.165, 1.54) is 13.8 Å². The van der Waals surface area contributed by atoms with Crippen molar-refractivity contribution in [1.29, 1.82) is 0 Å². The molecule has 0 heterocycles. The van der Waals surface area contributed by atoms with Gasteiger partial charge in [-0.1, -0.05) is 41.5 Å². The highest BCUT2D eigenvalue weighted by molar-refractivity contribution is 8.24. The van der Waals surface area contributed by atoms with Crippen LogP contribution >= 0.6 is 75.3 Å². The SMILES string of the molecule is CC(C)(C=O)CO.CC(C)(C=O)COP(=O)(Cl)Cl.CC(C)(C=O)COP(=O)(O)O.O=P(Cl)(Cl)Cl. The number of carbonyl (C=O) groups excluding carboxylic acids is 3. The van der Waals surface area contributed by atoms with Gasteiger partial charge in [0.05, 0.1) is 19.8 Å². The minimum absolute atomic E-state index is 0.0409. The summed E-state index contributed by atoms with van der Waals surface area (Å²) in [4.78, 5) is 46.9. The third-order valence-corrected chi connectivity index (χ3v) is 4.04. The highest BCUT2D eigenvalue weighted by Crippen LogP contribution is 2.61. The van der Waals surface area contributed by atoms with Gasteiger partial charge in [0, 0.05) is 16.2 Å². The zero-order valence-corrected chi connectivity index (χ0v) is 25.7. The summed E-state index contributed by atoms with van der Waals surface area (Å²) in [7, 11) is -4.43. The minimum Gasteiger partial charge on any atom is -0.395 e. The van der Waals surface area contributed by atoms with E-state index in [1.807, 2.05) is 0 Å². The Kier molecular flexibility index (Phi) is 22.6. The standard InChI is InChI=1S/C5H9Cl2O3P.C5H11O5P.C5H10O2.Cl3OP/c1-5(2,3-8)4-10-11(6,7)9;1-5(2,3-6)4-10-11(7,8)9;1-5(2,3-6)4-7;1-5(2,3)4/h3H,4H2,1-2H3;3H,4H2,1-2H3,(H2,7,8,9);3,7H,4H2,1-2H3;. The van der Waals surface area contributed by atoms with Gasteiger partial charge in [-0.05, 0) is 56.2 Å². The molecule has 0 amide bonds. The predicted octanol–water partition coefficient (Wildman–Crippen LogP) is 6.15. The summed E-state index contributed by atoms with van der Waals surface area (Å²) in [5.41, 5.74) is -2.08. The van der Waals surface area contributed by atoms with Gasteiger partial charge < -0.3 is 33.8 Å². The van der Waals surface area contributed by atoms with Gasteiger partial charge in [0.2, 0.25) is 0 Å². The highest BCUT2D eigenvalue weighted by atomic mass is 36.0. The molecule has 0 fully saturated rings. The quantitative estimate of drug-likeness (QED) is 0.181. The van der Waals surface area contributed by atoms with E-state index in [0.717, 1.165) is 6.29 Å². The average Bonchev–Trinajstić information content (AvgIpc) is 2.64. The smallest absolute Gasteiger partial charge is 0.395 e. The van der Waals surface area contributed by atoms with Crippen molar-refractivity contribution < 1.29 is 52.0 Å². The van der Waals surface area contributed by atoms with E-state index >= 15 is 0 Å². The van der Waals surface area contributed by atoms with Crippen LogP contribution < -0.4 is 0 Å². The molecular formula is C15H30Cl5O11P3. The predicted molar refractivity (Wildman–Crippen MR) is 135 cm³/mol. The van der Waals surface area contributed by atoms with Crippen molar-refractivity contribution in [1.82, 2.24) is 0 Å². The molecule has 34 heavy (non-hydrogen) atoms. The summed E-state index contributed by atoms with van der Waals surface area (Å²) in [6.07, 6.45) is -1.47. The first-order valence-electron chi connectivity index (χ1n) is 8.69. The third kappa shape index (κ3) is 46.3. The Hall–Kier alpha value is 0.950. The Morgan fingerprint density at radius 1 is 0.676 bits per heavy atom. The largest absolute Gasteiger partial charge is 0.469 e. The van der Waals surface area contributed by atoms with Crippen molar-refractivity contribution in [3.63, 3.8) is 0 Å². The van der Waals surface area contributed by atoms with Crippen molar-refractivity contribution in [2.75, 3.05) is 19.8 Å². The van der Waals surface area contributed by atoms with Gasteiger partial charge in [-0.3, -0.25) is 13.7 Å². The molecule has 3 N–H and O–H groups in total. The Balaban J connectivity index is -0.000000184. The van der Waals surface area contributed by atoms with Crippen LogP contribution in [0.5, 0.6) is 0 Å². The molecule has 0 saturated heterocycles. The lowest BCUT2D eigenvalue weighted by atomic mass is 9.98. The van der Waals surface area contributed by atoms with E-state index in [2.05, 4.69) is 42.8 Å². The first-order valence-corrected chi connectivity index (χ1v) is 18.1. The Morgan fingerprint density at radius 2 is 0.941 bits per heavy atom. The molecule has 0 aliphatic carbocycles. The van der Waals surface area contributed by atoms with Crippen molar-refractivity contribution in [3.8, 4) is 0 Å². The maximum atomic E-state index is 10.6. The van der Waals surface area contributed by atoms with Crippen LogP contribution in [-0.2, 0) is 37.1 Å². The molecule has 0 aliphatic heterocycles. The summed E-state index contributed by atoms with van der Waals surface area (Å²) in [5, 5.41) is 5.14. The van der Waals surface area contributed by atoms with Gasteiger partial charge in [-0.2, -0.15) is 0 Å². The number of hydrogen-bond donors (Lipinski definition) is 3. The van der Waals surface area contributed by atoms with Gasteiger partial charge in [-0.25, -0.2) is 4.57 Å². The summed E-state index contributed by atoms with van der Waals surface area (Å²) >= 11 is 24.0. The van der Waals surface area contributed by atoms with E-state index in [-0.39, 0.29) is 19.8 Å². The topological polar surface area (TPSA) is 182 Å². The molecule has 0 aromatic rings. The van der Waals surface area contributed by atoms with Crippen LogP contribution in [0.2, 0.25) is 0 Å². The lowest BCUT2D eigenvalue weighted by Crippen LogP contribution is -2.19. The maximum absolute atomic E-state index is 10.6. The van der Waals surface area contributed by atoms with Gasteiger partial charge in [0.15, 0.2) is 0 Å². The second-order valence-electron chi connectivity index (χ2n) is 8.33. The van der Waals surface area contributed by atoms with Crippen molar-refractivity contribution in [2.45, 2.75) is 41.5 Å². The molecule has 206 valence electrons. The molecule has 0 aromatic carbocycles. The van der Waals surface area contributed by atoms with Gasteiger partial charge in [0.1, 0.15) is 18.9 Å². The molecule has 0 spiro atoms. The van der Waals surface area contributed by atoms with E-state index < -0.39 is 35.3 Å². The fourth-order valence-corrected chi connectivity index (χ4v) is 1.87. The van der Waals surface area contributed by atoms with Crippen molar-refractivity contribution in [2.24, 2.45) is 16.2 Å². The van der Waals surface area contributed by atoms with Crippen LogP contribution in [0.1, 0.15) is 41.5 Å². The monoisotopic (exact) mass is 654 g/mol. The Bertz CT molecular complexity index is 694. The number of phosphoric ester groups is 1. The van der Waals surface area contributed by atoms with Gasteiger partial charge >= 0.3 is 19.1 Å². The van der Waals surface area contributed by atoms with Crippen molar-refractivity contribution in [3.05, 3.63) is 0 Å². The van der Waals surface area contributed by atoms with E-state index in [1.54, 1.807) is 27.7 Å². The molecule has 11 nitrogen and oxygen atoms in total. The molecule has 0 saturated carbocycles. The molecule has 0 aromatic heterocycles. The van der Waals surface area contributed by atoms with Crippen LogP contribution in [0.3, 0.4) is 0 Å². The van der Waals surface area contributed by atoms with E-state index in [4.69, 9.17) is 37.4 Å². The number of aldehydes is 3. The zero-order valence-electron chi connectivity index (χ0n) is 19.2. The van der Waals surface area contributed by atoms with E-state index in [0.29, 0.717) is 12.6 Å². The number of carbonyl (C=O) groups is 3. The fraction of sp³-hybridized carbons (Fsp3) is 0.800. The minimum atomic E-state index is -4.43. The first-order chi connectivity index (χ1) is 14.7. The highest BCUT2D eigenvalue weighted by Gasteiger charge is 2.24. The Labute approximate surface area is 223 Å². The molecule has 0 radical (unpaired) electrons. The summed E-state index contributed by atoms with van der Waals surface area (Å²) < 4.78 is 38.9. The van der Waals surface area contributed by atoms with Crippen LogP contribution in [0, 0.1) is 16.2 Å². The number of aliphatic hydroxyl groups excluding tert-OH is 1. The number of rotatable bonds is 10. The molecule has 0 aliphatic rings. The normalized spacial score (nSPS) is 12.5. The number of aliphatic hydroxyl groups is 1. The summed E-state index contributed by atoms with van der Waals surface area (Å²) in [6, 6.07) is 0. The first kappa shape index (κ1) is 42.1. The fourth-order valence-electron chi connectivity index (χ4n) is 0.597. The molecule has 0 unspecified atom stereocenters. The third-order valence-electron chi connectivity index (χ3n) is 2.56. The summed E-state index contributed by atoms with van der Waals surface area (Å²) in [5.74, 6) is 0. The second kappa shape index (κ2) is 18.2.